The van der Waals surface area contributed by atoms with Gasteiger partial charge in [0.1, 0.15) is 0 Å². The number of piperidine rings is 1. The van der Waals surface area contributed by atoms with E-state index < -0.39 is 0 Å². The summed E-state index contributed by atoms with van der Waals surface area (Å²) in [6.07, 6.45) is 1.98. The van der Waals surface area contributed by atoms with Gasteiger partial charge in [0, 0.05) is 12.2 Å². The Morgan fingerprint density at radius 1 is 1.48 bits per heavy atom. The Labute approximate surface area is 122 Å². The summed E-state index contributed by atoms with van der Waals surface area (Å²) in [7, 11) is 0. The first-order valence-electron chi connectivity index (χ1n) is 7.11. The quantitative estimate of drug-likeness (QED) is 0.876. The molecule has 2 aromatic rings. The SMILES string of the molecule is Cc1nnnn1-c1cccc(NC(=O)[C@H]2CCCNC2)c1. The molecule has 1 aliphatic heterocycles. The van der Waals surface area contributed by atoms with Crippen LogP contribution in [0.2, 0.25) is 0 Å². The van der Waals surface area contributed by atoms with Crippen LogP contribution in [0.3, 0.4) is 0 Å². The van der Waals surface area contributed by atoms with Crippen LogP contribution in [0.5, 0.6) is 0 Å². The topological polar surface area (TPSA) is 84.7 Å². The number of aromatic nitrogens is 4. The lowest BCUT2D eigenvalue weighted by Crippen LogP contribution is -2.37. The molecule has 0 unspecified atom stereocenters. The van der Waals surface area contributed by atoms with E-state index in [4.69, 9.17) is 0 Å². The summed E-state index contributed by atoms with van der Waals surface area (Å²) in [4.78, 5) is 12.2. The highest BCUT2D eigenvalue weighted by Gasteiger charge is 2.20. The van der Waals surface area contributed by atoms with Crippen LogP contribution in [-0.2, 0) is 4.79 Å². The summed E-state index contributed by atoms with van der Waals surface area (Å²) < 4.78 is 1.64. The maximum Gasteiger partial charge on any atom is 0.228 e. The monoisotopic (exact) mass is 286 g/mol. The fraction of sp³-hybridized carbons (Fsp3) is 0.429. The van der Waals surface area contributed by atoms with E-state index in [9.17, 15) is 4.79 Å². The second-order valence-electron chi connectivity index (χ2n) is 5.22. The van der Waals surface area contributed by atoms with E-state index in [0.29, 0.717) is 5.82 Å². The van der Waals surface area contributed by atoms with E-state index in [1.54, 1.807) is 4.68 Å². The van der Waals surface area contributed by atoms with Crippen molar-refractivity contribution in [3.63, 3.8) is 0 Å². The number of hydrogen-bond donors (Lipinski definition) is 2. The first kappa shape index (κ1) is 13.7. The first-order chi connectivity index (χ1) is 10.2. The number of carbonyl (C=O) groups is 1. The molecule has 1 fully saturated rings. The number of amides is 1. The number of carbonyl (C=O) groups excluding carboxylic acids is 1. The molecule has 0 aliphatic carbocycles. The van der Waals surface area contributed by atoms with E-state index in [0.717, 1.165) is 37.3 Å². The normalized spacial score (nSPS) is 18.4. The van der Waals surface area contributed by atoms with Crippen LogP contribution in [-0.4, -0.2) is 39.2 Å². The van der Waals surface area contributed by atoms with Gasteiger partial charge in [0.15, 0.2) is 5.82 Å². The van der Waals surface area contributed by atoms with Gasteiger partial charge in [-0.1, -0.05) is 6.07 Å². The molecular weight excluding hydrogens is 268 g/mol. The van der Waals surface area contributed by atoms with E-state index in [-0.39, 0.29) is 11.8 Å². The smallest absolute Gasteiger partial charge is 0.228 e. The van der Waals surface area contributed by atoms with Gasteiger partial charge >= 0.3 is 0 Å². The molecule has 7 heteroatoms. The predicted molar refractivity (Wildman–Crippen MR) is 78.1 cm³/mol. The third-order valence-corrected chi connectivity index (χ3v) is 3.65. The molecule has 1 aliphatic rings. The molecule has 7 nitrogen and oxygen atoms in total. The molecule has 1 saturated heterocycles. The average Bonchev–Trinajstić information content (AvgIpc) is 2.94. The molecule has 1 aromatic heterocycles. The summed E-state index contributed by atoms with van der Waals surface area (Å²) >= 11 is 0. The highest BCUT2D eigenvalue weighted by molar-refractivity contribution is 5.93. The fourth-order valence-electron chi connectivity index (χ4n) is 2.51. The zero-order valence-electron chi connectivity index (χ0n) is 11.9. The summed E-state index contributed by atoms with van der Waals surface area (Å²) in [5, 5.41) is 17.6. The molecule has 1 aromatic carbocycles. The zero-order chi connectivity index (χ0) is 14.7. The highest BCUT2D eigenvalue weighted by atomic mass is 16.1. The average molecular weight is 286 g/mol. The Morgan fingerprint density at radius 2 is 2.38 bits per heavy atom. The third-order valence-electron chi connectivity index (χ3n) is 3.65. The van der Waals surface area contributed by atoms with E-state index >= 15 is 0 Å². The summed E-state index contributed by atoms with van der Waals surface area (Å²) in [5.41, 5.74) is 1.59. The van der Waals surface area contributed by atoms with Gasteiger partial charge in [-0.05, 0) is 54.9 Å². The maximum absolute atomic E-state index is 12.2. The third kappa shape index (κ3) is 3.08. The molecule has 3 rings (SSSR count). The van der Waals surface area contributed by atoms with Crippen LogP contribution < -0.4 is 10.6 Å². The van der Waals surface area contributed by atoms with Gasteiger partial charge in [-0.25, -0.2) is 0 Å². The number of benzene rings is 1. The molecule has 1 amide bonds. The van der Waals surface area contributed by atoms with Gasteiger partial charge in [-0.2, -0.15) is 4.68 Å². The Balaban J connectivity index is 1.74. The number of nitrogens with one attached hydrogen (secondary N) is 2. The summed E-state index contributed by atoms with van der Waals surface area (Å²) in [6.45, 7) is 3.58. The molecule has 0 saturated carbocycles. The van der Waals surface area contributed by atoms with E-state index in [2.05, 4.69) is 26.2 Å². The van der Waals surface area contributed by atoms with Crippen molar-refractivity contribution in [2.24, 2.45) is 5.92 Å². The largest absolute Gasteiger partial charge is 0.326 e. The van der Waals surface area contributed by atoms with E-state index in [1.165, 1.54) is 0 Å². The second kappa shape index (κ2) is 6.01. The number of anilines is 1. The van der Waals surface area contributed by atoms with Gasteiger partial charge < -0.3 is 10.6 Å². The van der Waals surface area contributed by atoms with Gasteiger partial charge in [-0.3, -0.25) is 4.79 Å². The Morgan fingerprint density at radius 3 is 3.10 bits per heavy atom. The highest BCUT2D eigenvalue weighted by Crippen LogP contribution is 2.17. The van der Waals surface area contributed by atoms with Crippen molar-refractivity contribution in [1.29, 1.82) is 0 Å². The lowest BCUT2D eigenvalue weighted by molar-refractivity contribution is -0.120. The van der Waals surface area contributed by atoms with Crippen LogP contribution in [0.4, 0.5) is 5.69 Å². The van der Waals surface area contributed by atoms with Crippen LogP contribution in [0.1, 0.15) is 18.7 Å². The van der Waals surface area contributed by atoms with Crippen LogP contribution in [0.15, 0.2) is 24.3 Å². The van der Waals surface area contributed by atoms with Gasteiger partial charge in [0.25, 0.3) is 0 Å². The number of hydrogen-bond acceptors (Lipinski definition) is 5. The lowest BCUT2D eigenvalue weighted by atomic mass is 9.99. The predicted octanol–water partition coefficient (Wildman–Crippen LogP) is 0.909. The van der Waals surface area contributed by atoms with Crippen molar-refractivity contribution in [1.82, 2.24) is 25.5 Å². The Bertz CT molecular complexity index is 632. The summed E-state index contributed by atoms with van der Waals surface area (Å²) in [6, 6.07) is 7.53. The number of nitrogens with zero attached hydrogens (tertiary/aromatic N) is 4. The number of tetrazole rings is 1. The van der Waals surface area contributed by atoms with Crippen molar-refractivity contribution in [2.75, 3.05) is 18.4 Å². The van der Waals surface area contributed by atoms with Gasteiger partial charge in [0.2, 0.25) is 5.91 Å². The molecule has 1 atom stereocenters. The Hall–Kier alpha value is -2.28. The minimum atomic E-state index is 0.0391. The fourth-order valence-corrected chi connectivity index (χ4v) is 2.51. The summed E-state index contributed by atoms with van der Waals surface area (Å²) in [5.74, 6) is 0.805. The molecule has 0 bridgehead atoms. The van der Waals surface area contributed by atoms with Crippen LogP contribution in [0, 0.1) is 12.8 Å². The lowest BCUT2D eigenvalue weighted by Gasteiger charge is -2.22. The van der Waals surface area contributed by atoms with Crippen molar-refractivity contribution in [2.45, 2.75) is 19.8 Å². The molecule has 0 radical (unpaired) electrons. The Kier molecular flexibility index (Phi) is 3.92. The molecular formula is C14H18N6O. The second-order valence-corrected chi connectivity index (χ2v) is 5.22. The van der Waals surface area contributed by atoms with Crippen LogP contribution >= 0.6 is 0 Å². The zero-order valence-corrected chi connectivity index (χ0v) is 11.9. The van der Waals surface area contributed by atoms with Crippen molar-refractivity contribution in [3.8, 4) is 5.69 Å². The molecule has 0 spiro atoms. The first-order valence-corrected chi connectivity index (χ1v) is 7.11. The number of rotatable bonds is 3. The van der Waals surface area contributed by atoms with Crippen molar-refractivity contribution < 1.29 is 4.79 Å². The van der Waals surface area contributed by atoms with Gasteiger partial charge in [0.05, 0.1) is 11.6 Å². The van der Waals surface area contributed by atoms with Crippen LogP contribution in [0.25, 0.3) is 5.69 Å². The molecule has 2 heterocycles. The minimum absolute atomic E-state index is 0.0391. The van der Waals surface area contributed by atoms with Crippen molar-refractivity contribution in [3.05, 3.63) is 30.1 Å². The molecule has 110 valence electrons. The maximum atomic E-state index is 12.2. The van der Waals surface area contributed by atoms with Crippen molar-refractivity contribution >= 4 is 11.6 Å². The number of aryl methyl sites for hydroxylation is 1. The van der Waals surface area contributed by atoms with E-state index in [1.807, 2.05) is 31.2 Å². The van der Waals surface area contributed by atoms with Gasteiger partial charge in [-0.15, -0.1) is 5.10 Å². The standard InChI is InChI=1S/C14H18N6O/c1-10-17-18-19-20(10)13-6-2-5-12(8-13)16-14(21)11-4-3-7-15-9-11/h2,5-6,8,11,15H,3-4,7,9H2,1H3,(H,16,21)/t11-/m0/s1. The minimum Gasteiger partial charge on any atom is -0.326 e. The molecule has 2 N–H and O–H groups in total. The molecule has 21 heavy (non-hydrogen) atoms.